The van der Waals surface area contributed by atoms with Gasteiger partial charge >= 0.3 is 5.97 Å². The number of rotatable bonds is 5. The molecule has 0 aliphatic heterocycles. The van der Waals surface area contributed by atoms with Crippen molar-refractivity contribution < 1.29 is 14.7 Å². The summed E-state index contributed by atoms with van der Waals surface area (Å²) in [6, 6.07) is 8.37. The molecular formula is C22H26N2O3S. The number of amides is 1. The van der Waals surface area contributed by atoms with Crippen molar-refractivity contribution in [1.29, 1.82) is 0 Å². The minimum Gasteiger partial charge on any atom is -0.481 e. The Balaban J connectivity index is 1.52. The molecule has 2 saturated carbocycles. The van der Waals surface area contributed by atoms with Crippen molar-refractivity contribution in [3.63, 3.8) is 0 Å². The monoisotopic (exact) mass is 398 g/mol. The number of fused-ring (bicyclic) bond motifs is 2. The van der Waals surface area contributed by atoms with Gasteiger partial charge in [-0.15, -0.1) is 11.3 Å². The van der Waals surface area contributed by atoms with Crippen molar-refractivity contribution in [2.45, 2.75) is 46.0 Å². The molecule has 2 aliphatic rings. The highest BCUT2D eigenvalue weighted by Gasteiger charge is 2.54. The molecular weight excluding hydrogens is 372 g/mol. The summed E-state index contributed by atoms with van der Waals surface area (Å²) < 4.78 is 0. The number of carbonyl (C=O) groups excluding carboxylic acids is 1. The first-order valence-electron chi connectivity index (χ1n) is 9.96. The fraction of sp³-hybridized carbons (Fsp3) is 0.500. The number of carboxylic acid groups (broad SMARTS) is 1. The van der Waals surface area contributed by atoms with Crippen LogP contribution in [0.2, 0.25) is 0 Å². The van der Waals surface area contributed by atoms with Gasteiger partial charge in [-0.3, -0.25) is 9.59 Å². The third-order valence-corrected chi connectivity index (χ3v) is 7.27. The number of nitrogens with zero attached hydrogens (tertiary/aromatic N) is 1. The van der Waals surface area contributed by atoms with Crippen LogP contribution in [-0.4, -0.2) is 22.0 Å². The van der Waals surface area contributed by atoms with Crippen molar-refractivity contribution in [3.8, 4) is 11.3 Å². The maximum absolute atomic E-state index is 12.9. The molecule has 2 fully saturated rings. The van der Waals surface area contributed by atoms with Gasteiger partial charge in [-0.25, -0.2) is 4.98 Å². The highest BCUT2D eigenvalue weighted by Crippen LogP contribution is 2.52. The predicted molar refractivity (Wildman–Crippen MR) is 110 cm³/mol. The maximum atomic E-state index is 12.9. The van der Waals surface area contributed by atoms with Crippen LogP contribution in [0, 0.1) is 30.6 Å². The van der Waals surface area contributed by atoms with Crippen LogP contribution in [0.3, 0.4) is 0 Å². The molecule has 28 heavy (non-hydrogen) atoms. The number of aromatic nitrogens is 1. The second kappa shape index (κ2) is 7.32. The summed E-state index contributed by atoms with van der Waals surface area (Å²) in [5.41, 5.74) is 3.18. The van der Waals surface area contributed by atoms with E-state index in [-0.39, 0.29) is 17.7 Å². The van der Waals surface area contributed by atoms with E-state index in [0.29, 0.717) is 11.0 Å². The summed E-state index contributed by atoms with van der Waals surface area (Å²) in [7, 11) is 0. The largest absolute Gasteiger partial charge is 0.481 e. The lowest BCUT2D eigenvalue weighted by Gasteiger charge is -2.26. The predicted octanol–water partition coefficient (Wildman–Crippen LogP) is 4.93. The zero-order valence-corrected chi connectivity index (χ0v) is 17.3. The van der Waals surface area contributed by atoms with Crippen molar-refractivity contribution >= 4 is 28.3 Å². The van der Waals surface area contributed by atoms with Crippen LogP contribution in [0.15, 0.2) is 24.3 Å². The van der Waals surface area contributed by atoms with Gasteiger partial charge in [0.1, 0.15) is 0 Å². The first kappa shape index (κ1) is 19.1. The van der Waals surface area contributed by atoms with E-state index >= 15 is 0 Å². The van der Waals surface area contributed by atoms with Crippen LogP contribution < -0.4 is 5.32 Å². The van der Waals surface area contributed by atoms with Gasteiger partial charge in [-0.2, -0.15) is 0 Å². The second-order valence-electron chi connectivity index (χ2n) is 8.41. The summed E-state index contributed by atoms with van der Waals surface area (Å²) in [4.78, 5) is 30.2. The Morgan fingerprint density at radius 1 is 1.14 bits per heavy atom. The quantitative estimate of drug-likeness (QED) is 0.749. The molecule has 4 rings (SSSR count). The molecule has 0 spiro atoms. The molecule has 1 aromatic heterocycles. The molecule has 1 amide bonds. The van der Waals surface area contributed by atoms with E-state index in [4.69, 9.17) is 0 Å². The Morgan fingerprint density at radius 2 is 1.79 bits per heavy atom. The summed E-state index contributed by atoms with van der Waals surface area (Å²) in [6.07, 6.45) is 2.74. The molecule has 5 nitrogen and oxygen atoms in total. The fourth-order valence-corrected chi connectivity index (χ4v) is 5.79. The van der Waals surface area contributed by atoms with Crippen LogP contribution >= 0.6 is 11.3 Å². The molecule has 1 heterocycles. The van der Waals surface area contributed by atoms with Crippen LogP contribution in [0.4, 0.5) is 5.13 Å². The molecule has 2 N–H and O–H groups in total. The highest BCUT2D eigenvalue weighted by atomic mass is 32.1. The number of hydrogen-bond acceptors (Lipinski definition) is 4. The van der Waals surface area contributed by atoms with Crippen LogP contribution in [0.5, 0.6) is 0 Å². The van der Waals surface area contributed by atoms with E-state index < -0.39 is 17.8 Å². The van der Waals surface area contributed by atoms with Gasteiger partial charge in [0.15, 0.2) is 5.13 Å². The number of carbonyl (C=O) groups is 2. The molecule has 2 aliphatic carbocycles. The Kier molecular flexibility index (Phi) is 5.00. The Labute approximate surface area is 169 Å². The van der Waals surface area contributed by atoms with Crippen molar-refractivity contribution in [2.75, 3.05) is 5.32 Å². The van der Waals surface area contributed by atoms with Gasteiger partial charge in [-0.05, 0) is 49.5 Å². The number of hydrogen-bond donors (Lipinski definition) is 2. The molecule has 1 aromatic carbocycles. The average Bonchev–Trinajstić information content (AvgIpc) is 3.35. The van der Waals surface area contributed by atoms with Crippen LogP contribution in [0.1, 0.15) is 49.5 Å². The minimum atomic E-state index is -0.839. The number of aryl methyl sites for hydroxylation is 1. The first-order valence-corrected chi connectivity index (χ1v) is 10.8. The topological polar surface area (TPSA) is 79.3 Å². The number of benzene rings is 1. The Morgan fingerprint density at radius 3 is 2.39 bits per heavy atom. The lowest BCUT2D eigenvalue weighted by molar-refractivity contribution is -0.148. The average molecular weight is 399 g/mol. The summed E-state index contributed by atoms with van der Waals surface area (Å²) in [5, 5.41) is 13.1. The van der Waals surface area contributed by atoms with E-state index in [2.05, 4.69) is 48.4 Å². The van der Waals surface area contributed by atoms with Crippen LogP contribution in [0.25, 0.3) is 11.3 Å². The number of nitrogens with one attached hydrogen (secondary N) is 1. The normalized spacial score (nSPS) is 26.0. The molecule has 4 atom stereocenters. The lowest BCUT2D eigenvalue weighted by Crippen LogP contribution is -2.37. The number of thiazole rings is 1. The third-order valence-electron chi connectivity index (χ3n) is 6.38. The van der Waals surface area contributed by atoms with E-state index in [1.54, 1.807) is 0 Å². The lowest BCUT2D eigenvalue weighted by atomic mass is 9.79. The molecule has 0 radical (unpaired) electrons. The molecule has 2 bridgehead atoms. The van der Waals surface area contributed by atoms with Crippen molar-refractivity contribution in [3.05, 3.63) is 34.7 Å². The Bertz CT molecular complexity index is 903. The van der Waals surface area contributed by atoms with Crippen molar-refractivity contribution in [2.24, 2.45) is 23.7 Å². The molecule has 6 heteroatoms. The summed E-state index contributed by atoms with van der Waals surface area (Å²) in [5.74, 6) is -1.20. The zero-order chi connectivity index (χ0) is 20.0. The molecule has 2 aromatic rings. The van der Waals surface area contributed by atoms with Crippen molar-refractivity contribution in [1.82, 2.24) is 4.98 Å². The number of anilines is 1. The van der Waals surface area contributed by atoms with E-state index in [9.17, 15) is 14.7 Å². The molecule has 0 saturated heterocycles. The smallest absolute Gasteiger partial charge is 0.307 e. The number of carboxylic acids is 1. The SMILES string of the molecule is Cc1sc(NC(=O)[C@H]2[C@H]3CC[C@@H](C3)[C@H]2C(=O)O)nc1-c1ccc(C(C)C)cc1. The number of aliphatic carboxylic acids is 1. The van der Waals surface area contributed by atoms with E-state index in [1.165, 1.54) is 16.9 Å². The van der Waals surface area contributed by atoms with E-state index in [0.717, 1.165) is 35.4 Å². The van der Waals surface area contributed by atoms with Gasteiger partial charge in [0.25, 0.3) is 0 Å². The van der Waals surface area contributed by atoms with Gasteiger partial charge in [0, 0.05) is 10.4 Å². The Hall–Kier alpha value is -2.21. The maximum Gasteiger partial charge on any atom is 0.307 e. The molecule has 0 unspecified atom stereocenters. The first-order chi connectivity index (χ1) is 13.3. The van der Waals surface area contributed by atoms with Crippen LogP contribution in [-0.2, 0) is 9.59 Å². The standard InChI is InChI=1S/C22H26N2O3S/c1-11(2)13-4-6-14(7-5-13)19-12(3)28-22(23-19)24-20(25)17-15-8-9-16(10-15)18(17)21(26)27/h4-7,11,15-18H,8-10H2,1-3H3,(H,26,27)(H,23,24,25)/t15-,16-,17-,18+/m0/s1. The van der Waals surface area contributed by atoms with E-state index in [1.807, 2.05) is 6.92 Å². The highest BCUT2D eigenvalue weighted by molar-refractivity contribution is 7.16. The molecule has 148 valence electrons. The summed E-state index contributed by atoms with van der Waals surface area (Å²) in [6.45, 7) is 6.32. The minimum absolute atomic E-state index is 0.145. The second-order valence-corrected chi connectivity index (χ2v) is 9.62. The van der Waals surface area contributed by atoms with Gasteiger partial charge in [-0.1, -0.05) is 38.1 Å². The van der Waals surface area contributed by atoms with Gasteiger partial charge < -0.3 is 10.4 Å². The fourth-order valence-electron chi connectivity index (χ4n) is 4.96. The summed E-state index contributed by atoms with van der Waals surface area (Å²) >= 11 is 1.45. The zero-order valence-electron chi connectivity index (χ0n) is 16.4. The van der Waals surface area contributed by atoms with Gasteiger partial charge in [0.2, 0.25) is 5.91 Å². The van der Waals surface area contributed by atoms with Gasteiger partial charge in [0.05, 0.1) is 17.5 Å². The third kappa shape index (κ3) is 3.34.